The van der Waals surface area contributed by atoms with Crippen LogP contribution in [0, 0.1) is 5.92 Å². The van der Waals surface area contributed by atoms with E-state index in [1.165, 1.54) is 0 Å². The van der Waals surface area contributed by atoms with E-state index in [0.717, 1.165) is 57.6 Å². The number of aromatic nitrogens is 1. The average Bonchev–Trinajstić information content (AvgIpc) is 2.98. The Morgan fingerprint density at radius 3 is 2.64 bits per heavy atom. The Morgan fingerprint density at radius 2 is 1.95 bits per heavy atom. The van der Waals surface area contributed by atoms with E-state index in [1.54, 1.807) is 6.07 Å². The van der Waals surface area contributed by atoms with Gasteiger partial charge in [-0.3, -0.25) is 9.69 Å². The van der Waals surface area contributed by atoms with Crippen LogP contribution in [0.2, 0.25) is 0 Å². The average molecular weight is 307 g/mol. The molecule has 6 heteroatoms. The Morgan fingerprint density at radius 1 is 1.27 bits per heavy atom. The number of carbonyl (C=O) groups excluding carboxylic acids is 1. The fourth-order valence-corrected chi connectivity index (χ4v) is 3.16. The molecule has 22 heavy (non-hydrogen) atoms. The van der Waals surface area contributed by atoms with Crippen LogP contribution in [-0.4, -0.2) is 58.3 Å². The molecule has 6 nitrogen and oxygen atoms in total. The fraction of sp³-hybridized carbons (Fsp3) is 0.750. The van der Waals surface area contributed by atoms with Crippen LogP contribution in [0.1, 0.15) is 48.9 Å². The lowest BCUT2D eigenvalue weighted by Crippen LogP contribution is -2.38. The van der Waals surface area contributed by atoms with Crippen molar-refractivity contribution in [1.82, 2.24) is 15.0 Å². The second kappa shape index (κ2) is 6.79. The standard InChI is InChI=1S/C16H25N3O3/c1-12-2-8-19(9-3-12)16(21)15-10-14(22-17-15)11-18-6-4-13(20)5-7-18/h10,12-13,20H,2-9,11H2,1H3. The van der Waals surface area contributed by atoms with Crippen LogP contribution < -0.4 is 0 Å². The molecule has 0 aromatic carbocycles. The molecule has 0 radical (unpaired) electrons. The third-order valence-electron chi connectivity index (χ3n) is 4.79. The Hall–Kier alpha value is -1.40. The lowest BCUT2D eigenvalue weighted by atomic mass is 9.99. The van der Waals surface area contributed by atoms with Crippen molar-refractivity contribution in [2.24, 2.45) is 5.92 Å². The van der Waals surface area contributed by atoms with Crippen molar-refractivity contribution in [2.45, 2.75) is 45.3 Å². The van der Waals surface area contributed by atoms with Gasteiger partial charge in [0.15, 0.2) is 11.5 Å². The number of piperidine rings is 2. The highest BCUT2D eigenvalue weighted by Gasteiger charge is 2.25. The molecule has 0 spiro atoms. The Labute approximate surface area is 131 Å². The third-order valence-corrected chi connectivity index (χ3v) is 4.79. The molecule has 3 rings (SSSR count). The number of aliphatic hydroxyl groups excluding tert-OH is 1. The first-order valence-corrected chi connectivity index (χ1v) is 8.27. The molecule has 122 valence electrons. The van der Waals surface area contributed by atoms with Gasteiger partial charge in [0.2, 0.25) is 0 Å². The number of likely N-dealkylation sites (tertiary alicyclic amines) is 2. The summed E-state index contributed by atoms with van der Waals surface area (Å²) < 4.78 is 5.33. The molecule has 2 fully saturated rings. The highest BCUT2D eigenvalue weighted by atomic mass is 16.5. The van der Waals surface area contributed by atoms with Gasteiger partial charge in [-0.2, -0.15) is 0 Å². The maximum atomic E-state index is 12.4. The lowest BCUT2D eigenvalue weighted by molar-refractivity contribution is 0.0684. The largest absolute Gasteiger partial charge is 0.393 e. The quantitative estimate of drug-likeness (QED) is 0.916. The number of rotatable bonds is 3. The van der Waals surface area contributed by atoms with Crippen molar-refractivity contribution in [2.75, 3.05) is 26.2 Å². The second-order valence-corrected chi connectivity index (χ2v) is 6.66. The fourth-order valence-electron chi connectivity index (χ4n) is 3.16. The van der Waals surface area contributed by atoms with Crippen LogP contribution in [0.25, 0.3) is 0 Å². The summed E-state index contributed by atoms with van der Waals surface area (Å²) in [5, 5.41) is 13.5. The van der Waals surface area contributed by atoms with Gasteiger partial charge in [0, 0.05) is 32.2 Å². The van der Waals surface area contributed by atoms with Crippen LogP contribution in [-0.2, 0) is 6.54 Å². The van der Waals surface area contributed by atoms with Gasteiger partial charge in [-0.25, -0.2) is 0 Å². The molecule has 1 aromatic heterocycles. The number of carbonyl (C=O) groups is 1. The zero-order valence-corrected chi connectivity index (χ0v) is 13.2. The van der Waals surface area contributed by atoms with Crippen LogP contribution in [0.3, 0.4) is 0 Å². The van der Waals surface area contributed by atoms with Gasteiger partial charge >= 0.3 is 0 Å². The number of hydrogen-bond donors (Lipinski definition) is 1. The van der Waals surface area contributed by atoms with E-state index in [0.29, 0.717) is 18.2 Å². The summed E-state index contributed by atoms with van der Waals surface area (Å²) in [6.45, 7) is 6.22. The number of nitrogens with zero attached hydrogens (tertiary/aromatic N) is 3. The van der Waals surface area contributed by atoms with E-state index in [-0.39, 0.29) is 12.0 Å². The number of amides is 1. The second-order valence-electron chi connectivity index (χ2n) is 6.66. The Bertz CT molecular complexity index is 500. The normalized spacial score (nSPS) is 22.2. The van der Waals surface area contributed by atoms with E-state index in [1.807, 2.05) is 4.90 Å². The minimum atomic E-state index is -0.176. The van der Waals surface area contributed by atoms with E-state index < -0.39 is 0 Å². The van der Waals surface area contributed by atoms with Gasteiger partial charge in [0.05, 0.1) is 12.6 Å². The highest BCUT2D eigenvalue weighted by molar-refractivity contribution is 5.92. The molecule has 0 atom stereocenters. The van der Waals surface area contributed by atoms with Gasteiger partial charge in [0.25, 0.3) is 5.91 Å². The molecule has 0 saturated carbocycles. The minimum absolute atomic E-state index is 0.0176. The van der Waals surface area contributed by atoms with Gasteiger partial charge in [-0.05, 0) is 31.6 Å². The van der Waals surface area contributed by atoms with E-state index in [4.69, 9.17) is 4.52 Å². The van der Waals surface area contributed by atoms with Gasteiger partial charge in [0.1, 0.15) is 0 Å². The SMILES string of the molecule is CC1CCN(C(=O)c2cc(CN3CCC(O)CC3)on2)CC1. The molecule has 0 bridgehead atoms. The summed E-state index contributed by atoms with van der Waals surface area (Å²) >= 11 is 0. The van der Waals surface area contributed by atoms with Crippen LogP contribution in [0.5, 0.6) is 0 Å². The predicted molar refractivity (Wildman–Crippen MR) is 81.3 cm³/mol. The van der Waals surface area contributed by atoms with Gasteiger partial charge in [-0.1, -0.05) is 12.1 Å². The van der Waals surface area contributed by atoms with E-state index in [2.05, 4.69) is 17.0 Å². The monoisotopic (exact) mass is 307 g/mol. The van der Waals surface area contributed by atoms with Crippen molar-refractivity contribution < 1.29 is 14.4 Å². The zero-order chi connectivity index (χ0) is 15.5. The van der Waals surface area contributed by atoms with Gasteiger partial charge in [-0.15, -0.1) is 0 Å². The summed E-state index contributed by atoms with van der Waals surface area (Å²) in [6, 6.07) is 1.77. The smallest absolute Gasteiger partial charge is 0.276 e. The summed E-state index contributed by atoms with van der Waals surface area (Å²) in [4.78, 5) is 16.5. The molecule has 3 heterocycles. The van der Waals surface area contributed by atoms with Crippen molar-refractivity contribution >= 4 is 5.91 Å². The Kier molecular flexibility index (Phi) is 4.78. The van der Waals surface area contributed by atoms with Crippen molar-refractivity contribution in [1.29, 1.82) is 0 Å². The van der Waals surface area contributed by atoms with Crippen LogP contribution in [0.4, 0.5) is 0 Å². The first-order chi connectivity index (χ1) is 10.6. The first-order valence-electron chi connectivity index (χ1n) is 8.27. The lowest BCUT2D eigenvalue weighted by Gasteiger charge is -2.29. The maximum absolute atomic E-state index is 12.4. The highest BCUT2D eigenvalue weighted by Crippen LogP contribution is 2.19. The van der Waals surface area contributed by atoms with Gasteiger partial charge < -0.3 is 14.5 Å². The van der Waals surface area contributed by atoms with Crippen molar-refractivity contribution in [3.05, 3.63) is 17.5 Å². The summed E-state index contributed by atoms with van der Waals surface area (Å²) in [6.07, 6.45) is 3.54. The van der Waals surface area contributed by atoms with E-state index in [9.17, 15) is 9.90 Å². The molecule has 2 saturated heterocycles. The molecule has 0 unspecified atom stereocenters. The zero-order valence-electron chi connectivity index (χ0n) is 13.2. The predicted octanol–water partition coefficient (Wildman–Crippen LogP) is 1.50. The molecule has 2 aliphatic heterocycles. The minimum Gasteiger partial charge on any atom is -0.393 e. The van der Waals surface area contributed by atoms with Crippen molar-refractivity contribution in [3.8, 4) is 0 Å². The first kappa shape index (κ1) is 15.5. The maximum Gasteiger partial charge on any atom is 0.276 e. The van der Waals surface area contributed by atoms with E-state index >= 15 is 0 Å². The number of aliphatic hydroxyl groups is 1. The molecule has 1 aromatic rings. The van der Waals surface area contributed by atoms with Crippen LogP contribution in [0.15, 0.2) is 10.6 Å². The summed E-state index contributed by atoms with van der Waals surface area (Å²) in [5.41, 5.74) is 0.418. The topological polar surface area (TPSA) is 69.8 Å². The summed E-state index contributed by atoms with van der Waals surface area (Å²) in [7, 11) is 0. The number of hydrogen-bond acceptors (Lipinski definition) is 5. The molecular formula is C16H25N3O3. The molecular weight excluding hydrogens is 282 g/mol. The van der Waals surface area contributed by atoms with Crippen LogP contribution >= 0.6 is 0 Å². The molecule has 1 N–H and O–H groups in total. The third kappa shape index (κ3) is 3.67. The van der Waals surface area contributed by atoms with Crippen molar-refractivity contribution in [3.63, 3.8) is 0 Å². The Balaban J connectivity index is 1.55. The summed E-state index contributed by atoms with van der Waals surface area (Å²) in [5.74, 6) is 1.41. The molecule has 2 aliphatic rings. The molecule has 0 aliphatic carbocycles. The molecule has 1 amide bonds.